The number of amides is 1. The van der Waals surface area contributed by atoms with E-state index in [1.807, 2.05) is 87.5 Å². The minimum absolute atomic E-state index is 0.106. The third kappa shape index (κ3) is 4.14. The summed E-state index contributed by atoms with van der Waals surface area (Å²) in [6, 6.07) is 20.1. The van der Waals surface area contributed by atoms with E-state index in [4.69, 9.17) is 4.74 Å². The molecule has 1 aliphatic heterocycles. The number of carbonyl (C=O) groups is 2. The zero-order chi connectivity index (χ0) is 23.7. The lowest BCUT2D eigenvalue weighted by atomic mass is 9.92. The van der Waals surface area contributed by atoms with Gasteiger partial charge >= 0.3 is 0 Å². The lowest BCUT2D eigenvalue weighted by Crippen LogP contribution is -2.29. The summed E-state index contributed by atoms with van der Waals surface area (Å²) in [6.07, 6.45) is 0. The van der Waals surface area contributed by atoms with E-state index < -0.39 is 17.7 Å². The van der Waals surface area contributed by atoms with E-state index in [1.165, 1.54) is 4.90 Å². The minimum atomic E-state index is -0.713. The number of methoxy groups -OCH3 is 1. The summed E-state index contributed by atoms with van der Waals surface area (Å²) in [5, 5.41) is 11.4. The second-order valence-electron chi connectivity index (χ2n) is 8.47. The van der Waals surface area contributed by atoms with Crippen molar-refractivity contribution in [2.24, 2.45) is 0 Å². The molecule has 0 spiro atoms. The van der Waals surface area contributed by atoms with E-state index in [-0.39, 0.29) is 17.9 Å². The molecule has 3 aromatic rings. The molecule has 0 aromatic heterocycles. The van der Waals surface area contributed by atoms with Gasteiger partial charge in [-0.1, -0.05) is 65.7 Å². The van der Waals surface area contributed by atoms with Crippen LogP contribution in [0.1, 0.15) is 39.4 Å². The number of nitrogens with zero attached hydrogens (tertiary/aromatic N) is 1. The first-order valence-corrected chi connectivity index (χ1v) is 10.9. The van der Waals surface area contributed by atoms with Crippen molar-refractivity contribution in [3.8, 4) is 5.75 Å². The Labute approximate surface area is 193 Å². The summed E-state index contributed by atoms with van der Waals surface area (Å²) >= 11 is 0. The van der Waals surface area contributed by atoms with Gasteiger partial charge in [0.1, 0.15) is 11.5 Å². The van der Waals surface area contributed by atoms with Crippen LogP contribution in [0.5, 0.6) is 5.75 Å². The monoisotopic (exact) mass is 441 g/mol. The molecule has 3 aromatic carbocycles. The van der Waals surface area contributed by atoms with Crippen molar-refractivity contribution >= 4 is 17.4 Å². The number of aryl methyl sites for hydroxylation is 3. The molecule has 168 valence electrons. The number of hydrogen-bond donors (Lipinski definition) is 1. The molecular formula is C28H27NO4. The first kappa shape index (κ1) is 22.3. The third-order valence-electron chi connectivity index (χ3n) is 6.08. The summed E-state index contributed by atoms with van der Waals surface area (Å²) in [7, 11) is 1.57. The Morgan fingerprint density at radius 1 is 0.939 bits per heavy atom. The molecule has 1 unspecified atom stereocenters. The summed E-state index contributed by atoms with van der Waals surface area (Å²) in [4.78, 5) is 28.1. The largest absolute Gasteiger partial charge is 0.507 e. The molecule has 1 saturated heterocycles. The van der Waals surface area contributed by atoms with Gasteiger partial charge < -0.3 is 14.7 Å². The van der Waals surface area contributed by atoms with Crippen molar-refractivity contribution < 1.29 is 19.4 Å². The average Bonchev–Trinajstić information content (AvgIpc) is 3.05. The van der Waals surface area contributed by atoms with Crippen molar-refractivity contribution in [2.75, 3.05) is 7.11 Å². The zero-order valence-corrected chi connectivity index (χ0v) is 19.3. The molecule has 1 aliphatic rings. The maximum atomic E-state index is 13.3. The third-order valence-corrected chi connectivity index (χ3v) is 6.08. The second-order valence-corrected chi connectivity index (χ2v) is 8.47. The van der Waals surface area contributed by atoms with Crippen LogP contribution in [0.4, 0.5) is 0 Å². The van der Waals surface area contributed by atoms with Crippen LogP contribution >= 0.6 is 0 Å². The van der Waals surface area contributed by atoms with Crippen LogP contribution in [0, 0.1) is 20.8 Å². The Hall–Kier alpha value is -3.86. The van der Waals surface area contributed by atoms with Crippen LogP contribution in [0.3, 0.4) is 0 Å². The molecule has 5 heteroatoms. The van der Waals surface area contributed by atoms with E-state index >= 15 is 0 Å². The highest BCUT2D eigenvalue weighted by atomic mass is 16.5. The van der Waals surface area contributed by atoms with Crippen molar-refractivity contribution in [1.82, 2.24) is 4.90 Å². The fourth-order valence-corrected chi connectivity index (χ4v) is 4.38. The van der Waals surface area contributed by atoms with Crippen LogP contribution in [0.2, 0.25) is 0 Å². The number of Topliss-reactive ketones (excluding diaryl/α,β-unsaturated/α-hetero) is 1. The predicted molar refractivity (Wildman–Crippen MR) is 128 cm³/mol. The number of ether oxygens (including phenoxy) is 1. The van der Waals surface area contributed by atoms with Gasteiger partial charge in [0.25, 0.3) is 11.7 Å². The van der Waals surface area contributed by atoms with Gasteiger partial charge in [0.05, 0.1) is 25.3 Å². The molecule has 4 rings (SSSR count). The molecule has 0 saturated carbocycles. The standard InChI is InChI=1S/C28H27NO4/c1-17-8-7-10-20(14-17)25-24(26(30)22-15-18(2)12-13-19(22)3)27(31)28(32)29(25)16-21-9-5-6-11-23(21)33-4/h5-15,25,30H,16H2,1-4H3/b26-24+. The number of rotatable bonds is 5. The summed E-state index contributed by atoms with van der Waals surface area (Å²) in [6.45, 7) is 5.94. The van der Waals surface area contributed by atoms with E-state index in [0.29, 0.717) is 11.3 Å². The molecule has 1 amide bonds. The van der Waals surface area contributed by atoms with Crippen LogP contribution in [0.25, 0.3) is 5.76 Å². The molecule has 0 aliphatic carbocycles. The van der Waals surface area contributed by atoms with Crippen LogP contribution < -0.4 is 4.74 Å². The van der Waals surface area contributed by atoms with E-state index in [0.717, 1.165) is 27.8 Å². The average molecular weight is 442 g/mol. The minimum Gasteiger partial charge on any atom is -0.507 e. The fourth-order valence-electron chi connectivity index (χ4n) is 4.38. The summed E-state index contributed by atoms with van der Waals surface area (Å²) < 4.78 is 5.47. The number of hydrogen-bond acceptors (Lipinski definition) is 4. The molecule has 5 nitrogen and oxygen atoms in total. The molecule has 1 heterocycles. The highest BCUT2D eigenvalue weighted by Crippen LogP contribution is 2.41. The molecule has 33 heavy (non-hydrogen) atoms. The summed E-state index contributed by atoms with van der Waals surface area (Å²) in [5.74, 6) is -0.838. The van der Waals surface area contributed by atoms with Gasteiger partial charge in [-0.15, -0.1) is 0 Å². The first-order valence-electron chi connectivity index (χ1n) is 10.9. The fraction of sp³-hybridized carbons (Fsp3) is 0.214. The molecule has 0 radical (unpaired) electrons. The van der Waals surface area contributed by atoms with Crippen LogP contribution in [-0.4, -0.2) is 28.8 Å². The Kier molecular flexibility index (Phi) is 6.05. The molecule has 1 fully saturated rings. The maximum Gasteiger partial charge on any atom is 0.295 e. The lowest BCUT2D eigenvalue weighted by Gasteiger charge is -2.26. The molecule has 0 bridgehead atoms. The Balaban J connectivity index is 1.91. The normalized spacial score (nSPS) is 17.5. The Bertz CT molecular complexity index is 1270. The number of aliphatic hydroxyl groups is 1. The van der Waals surface area contributed by atoms with Crippen molar-refractivity contribution in [3.63, 3.8) is 0 Å². The number of carbonyl (C=O) groups excluding carboxylic acids is 2. The number of likely N-dealkylation sites (tertiary alicyclic amines) is 1. The highest BCUT2D eigenvalue weighted by Gasteiger charge is 2.46. The number of para-hydroxylation sites is 1. The number of aliphatic hydroxyl groups excluding tert-OH is 1. The van der Waals surface area contributed by atoms with Crippen LogP contribution in [-0.2, 0) is 16.1 Å². The highest BCUT2D eigenvalue weighted by molar-refractivity contribution is 6.46. The van der Waals surface area contributed by atoms with Gasteiger partial charge in [-0.25, -0.2) is 0 Å². The second kappa shape index (κ2) is 8.94. The SMILES string of the molecule is COc1ccccc1CN1C(=O)C(=O)/C(=C(/O)c2cc(C)ccc2C)C1c1cccc(C)c1. The molecule has 1 atom stereocenters. The maximum absolute atomic E-state index is 13.3. The zero-order valence-electron chi connectivity index (χ0n) is 19.3. The number of ketones is 1. The molecular weight excluding hydrogens is 414 g/mol. The van der Waals surface area contributed by atoms with Gasteiger partial charge in [-0.05, 0) is 44.0 Å². The molecule has 1 N–H and O–H groups in total. The van der Waals surface area contributed by atoms with E-state index in [2.05, 4.69) is 0 Å². The Morgan fingerprint density at radius 2 is 1.67 bits per heavy atom. The summed E-state index contributed by atoms with van der Waals surface area (Å²) in [5.41, 5.74) is 5.01. The topological polar surface area (TPSA) is 66.8 Å². The predicted octanol–water partition coefficient (Wildman–Crippen LogP) is 5.24. The van der Waals surface area contributed by atoms with Crippen LogP contribution in [0.15, 0.2) is 72.3 Å². The quantitative estimate of drug-likeness (QED) is 0.334. The number of benzene rings is 3. The van der Waals surface area contributed by atoms with Crippen molar-refractivity contribution in [1.29, 1.82) is 0 Å². The van der Waals surface area contributed by atoms with Crippen molar-refractivity contribution in [2.45, 2.75) is 33.4 Å². The van der Waals surface area contributed by atoms with Gasteiger partial charge in [0.2, 0.25) is 0 Å². The van der Waals surface area contributed by atoms with Gasteiger partial charge in [0.15, 0.2) is 0 Å². The lowest BCUT2D eigenvalue weighted by molar-refractivity contribution is -0.140. The van der Waals surface area contributed by atoms with Crippen molar-refractivity contribution in [3.05, 3.63) is 106 Å². The first-order chi connectivity index (χ1) is 15.8. The van der Waals surface area contributed by atoms with E-state index in [1.54, 1.807) is 7.11 Å². The van der Waals surface area contributed by atoms with E-state index in [9.17, 15) is 14.7 Å². The van der Waals surface area contributed by atoms with Gasteiger partial charge in [-0.2, -0.15) is 0 Å². The van der Waals surface area contributed by atoms with Gasteiger partial charge in [0, 0.05) is 11.1 Å². The van der Waals surface area contributed by atoms with Gasteiger partial charge in [-0.3, -0.25) is 9.59 Å². The Morgan fingerprint density at radius 3 is 2.39 bits per heavy atom. The smallest absolute Gasteiger partial charge is 0.295 e.